The van der Waals surface area contributed by atoms with Crippen molar-refractivity contribution >= 4 is 23.4 Å². The molecule has 0 aliphatic rings. The van der Waals surface area contributed by atoms with E-state index in [1.165, 1.54) is 18.3 Å². The van der Waals surface area contributed by atoms with Crippen molar-refractivity contribution in [1.82, 2.24) is 9.38 Å². The number of imidazole rings is 1. The molecule has 0 spiro atoms. The maximum Gasteiger partial charge on any atom is 0.337 e. The lowest BCUT2D eigenvalue weighted by atomic mass is 10.3. The van der Waals surface area contributed by atoms with Crippen LogP contribution < -0.4 is 0 Å². The molecule has 0 amide bonds. The standard InChI is InChI=1S/C10H7N3O5/c14-8(15)3-6-9(12-18)13-4-5(10(16)17)1-2-7(13)11-6/h1-2,4H,3H2,(H,14,15)(H,16,17). The topological polar surface area (TPSA) is 121 Å². The maximum absolute atomic E-state index is 10.8. The van der Waals surface area contributed by atoms with Gasteiger partial charge in [0.25, 0.3) is 0 Å². The van der Waals surface area contributed by atoms with Crippen molar-refractivity contribution in [3.63, 3.8) is 0 Å². The minimum Gasteiger partial charge on any atom is -0.481 e. The molecule has 2 N–H and O–H groups in total. The molecule has 0 atom stereocenters. The number of fused-ring (bicyclic) bond motifs is 1. The van der Waals surface area contributed by atoms with E-state index in [-0.39, 0.29) is 22.7 Å². The Morgan fingerprint density at radius 3 is 2.61 bits per heavy atom. The highest BCUT2D eigenvalue weighted by atomic mass is 16.4. The molecule has 0 aliphatic heterocycles. The molecule has 92 valence electrons. The fourth-order valence-electron chi connectivity index (χ4n) is 1.57. The third-order valence-electron chi connectivity index (χ3n) is 2.31. The molecule has 2 aromatic rings. The molecule has 2 aromatic heterocycles. The van der Waals surface area contributed by atoms with E-state index in [0.717, 1.165) is 4.40 Å². The van der Waals surface area contributed by atoms with Gasteiger partial charge < -0.3 is 10.2 Å². The summed E-state index contributed by atoms with van der Waals surface area (Å²) in [5, 5.41) is 20.2. The zero-order valence-electron chi connectivity index (χ0n) is 8.90. The summed E-state index contributed by atoms with van der Waals surface area (Å²) in [6.07, 6.45) is 0.720. The Bertz CT molecular complexity index is 661. The zero-order valence-corrected chi connectivity index (χ0v) is 8.90. The van der Waals surface area contributed by atoms with Crippen molar-refractivity contribution in [2.75, 3.05) is 0 Å². The van der Waals surface area contributed by atoms with Gasteiger partial charge in [-0.15, -0.1) is 4.91 Å². The number of pyridine rings is 1. The summed E-state index contributed by atoms with van der Waals surface area (Å²) in [7, 11) is 0. The summed E-state index contributed by atoms with van der Waals surface area (Å²) < 4.78 is 1.16. The normalized spacial score (nSPS) is 10.4. The minimum atomic E-state index is -1.16. The van der Waals surface area contributed by atoms with Crippen LogP contribution in [0.4, 0.5) is 5.82 Å². The highest BCUT2D eigenvalue weighted by Gasteiger charge is 2.16. The second kappa shape index (κ2) is 4.24. The smallest absolute Gasteiger partial charge is 0.337 e. The van der Waals surface area contributed by atoms with Gasteiger partial charge in [0.1, 0.15) is 11.3 Å². The number of hydrogen-bond donors (Lipinski definition) is 2. The number of aromatic carboxylic acids is 1. The highest BCUT2D eigenvalue weighted by Crippen LogP contribution is 2.22. The number of nitrogens with zero attached hydrogens (tertiary/aromatic N) is 3. The number of aliphatic carboxylic acids is 1. The van der Waals surface area contributed by atoms with Crippen molar-refractivity contribution in [1.29, 1.82) is 0 Å². The third-order valence-corrected chi connectivity index (χ3v) is 2.31. The van der Waals surface area contributed by atoms with Crippen LogP contribution in [0.5, 0.6) is 0 Å². The van der Waals surface area contributed by atoms with Gasteiger partial charge in [-0.2, -0.15) is 0 Å². The number of carbonyl (C=O) groups is 2. The molecule has 18 heavy (non-hydrogen) atoms. The average molecular weight is 249 g/mol. The van der Waals surface area contributed by atoms with Gasteiger partial charge in [0.15, 0.2) is 0 Å². The van der Waals surface area contributed by atoms with E-state index in [0.29, 0.717) is 0 Å². The van der Waals surface area contributed by atoms with Crippen LogP contribution in [-0.4, -0.2) is 31.5 Å². The number of aromatic nitrogens is 2. The summed E-state index contributed by atoms with van der Waals surface area (Å²) in [6, 6.07) is 2.69. The molecule has 0 bridgehead atoms. The van der Waals surface area contributed by atoms with E-state index in [4.69, 9.17) is 10.2 Å². The van der Waals surface area contributed by atoms with Crippen LogP contribution in [-0.2, 0) is 11.2 Å². The van der Waals surface area contributed by atoms with E-state index in [1.54, 1.807) is 0 Å². The van der Waals surface area contributed by atoms with Crippen LogP contribution in [0.15, 0.2) is 23.5 Å². The maximum atomic E-state index is 10.8. The molecule has 0 aliphatic carbocycles. The predicted octanol–water partition coefficient (Wildman–Crippen LogP) is 1.06. The largest absolute Gasteiger partial charge is 0.481 e. The predicted molar refractivity (Wildman–Crippen MR) is 58.9 cm³/mol. The van der Waals surface area contributed by atoms with Crippen molar-refractivity contribution < 1.29 is 19.8 Å². The van der Waals surface area contributed by atoms with E-state index in [1.807, 2.05) is 0 Å². The van der Waals surface area contributed by atoms with Gasteiger partial charge in [-0.25, -0.2) is 9.78 Å². The molecule has 0 saturated carbocycles. The molecule has 0 saturated heterocycles. The van der Waals surface area contributed by atoms with Crippen LogP contribution in [0.2, 0.25) is 0 Å². The van der Waals surface area contributed by atoms with Crippen molar-refractivity contribution in [3.8, 4) is 0 Å². The van der Waals surface area contributed by atoms with E-state index in [2.05, 4.69) is 10.2 Å². The fraction of sp³-hybridized carbons (Fsp3) is 0.100. The Kier molecular flexibility index (Phi) is 2.76. The second-order valence-corrected chi connectivity index (χ2v) is 3.50. The van der Waals surface area contributed by atoms with Crippen molar-refractivity contribution in [2.45, 2.75) is 6.42 Å². The molecule has 0 radical (unpaired) electrons. The zero-order chi connectivity index (χ0) is 13.3. The van der Waals surface area contributed by atoms with Crippen LogP contribution >= 0.6 is 0 Å². The summed E-state index contributed by atoms with van der Waals surface area (Å²) in [6.45, 7) is 0. The SMILES string of the molecule is O=Nc1c(CC(=O)O)nc2ccc(C(=O)O)cn12. The molecule has 0 unspecified atom stereocenters. The number of rotatable bonds is 4. The lowest BCUT2D eigenvalue weighted by Crippen LogP contribution is -2.00. The average Bonchev–Trinajstić information content (AvgIpc) is 2.63. The third kappa shape index (κ3) is 1.90. The summed E-state index contributed by atoms with van der Waals surface area (Å²) in [5.41, 5.74) is 0.220. The Morgan fingerprint density at radius 1 is 1.33 bits per heavy atom. The van der Waals surface area contributed by atoms with Crippen LogP contribution in [0.3, 0.4) is 0 Å². The molecular weight excluding hydrogens is 242 g/mol. The van der Waals surface area contributed by atoms with Gasteiger partial charge in [-0.3, -0.25) is 9.20 Å². The monoisotopic (exact) mass is 249 g/mol. The van der Waals surface area contributed by atoms with Gasteiger partial charge in [0.2, 0.25) is 5.82 Å². The summed E-state index contributed by atoms with van der Waals surface area (Å²) in [5.74, 6) is -2.51. The molecule has 8 nitrogen and oxygen atoms in total. The van der Waals surface area contributed by atoms with Gasteiger partial charge in [-0.1, -0.05) is 0 Å². The first-order valence-electron chi connectivity index (χ1n) is 4.82. The van der Waals surface area contributed by atoms with Crippen LogP contribution in [0, 0.1) is 4.91 Å². The first kappa shape index (κ1) is 11.7. The molecular formula is C10H7N3O5. The Labute approximate surface area is 99.5 Å². The van der Waals surface area contributed by atoms with Gasteiger partial charge >= 0.3 is 11.9 Å². The van der Waals surface area contributed by atoms with Crippen LogP contribution in [0.25, 0.3) is 5.65 Å². The summed E-state index contributed by atoms with van der Waals surface area (Å²) >= 11 is 0. The molecule has 2 heterocycles. The number of carboxylic acids is 2. The van der Waals surface area contributed by atoms with E-state index in [9.17, 15) is 14.5 Å². The van der Waals surface area contributed by atoms with Gasteiger partial charge in [-0.05, 0) is 17.3 Å². The fourth-order valence-corrected chi connectivity index (χ4v) is 1.57. The van der Waals surface area contributed by atoms with Crippen LogP contribution in [0.1, 0.15) is 16.1 Å². The second-order valence-electron chi connectivity index (χ2n) is 3.50. The lowest BCUT2D eigenvalue weighted by molar-refractivity contribution is -0.136. The Morgan fingerprint density at radius 2 is 2.06 bits per heavy atom. The lowest BCUT2D eigenvalue weighted by Gasteiger charge is -1.97. The number of carboxylic acid groups (broad SMARTS) is 2. The minimum absolute atomic E-state index is 0.0000359. The first-order valence-corrected chi connectivity index (χ1v) is 4.82. The first-order chi connectivity index (χ1) is 8.52. The molecule has 2 rings (SSSR count). The summed E-state index contributed by atoms with van der Waals surface area (Å²) in [4.78, 5) is 36.0. The van der Waals surface area contributed by atoms with Gasteiger partial charge in [0, 0.05) is 6.20 Å². The van der Waals surface area contributed by atoms with E-state index < -0.39 is 18.4 Å². The van der Waals surface area contributed by atoms with E-state index >= 15 is 0 Å². The number of nitroso groups, excluding NO2 is 1. The molecule has 0 fully saturated rings. The highest BCUT2D eigenvalue weighted by molar-refractivity contribution is 5.87. The van der Waals surface area contributed by atoms with Crippen molar-refractivity contribution in [2.24, 2.45) is 5.18 Å². The molecule has 0 aromatic carbocycles. The quantitative estimate of drug-likeness (QED) is 0.781. The van der Waals surface area contributed by atoms with Gasteiger partial charge in [0.05, 0.1) is 12.0 Å². The Hall–Kier alpha value is -2.77. The molecule has 8 heteroatoms. The van der Waals surface area contributed by atoms with Crippen molar-refractivity contribution in [3.05, 3.63) is 34.5 Å². The Balaban J connectivity index is 2.66. The number of hydrogen-bond acceptors (Lipinski definition) is 5.